The molecule has 0 fully saturated rings. The first-order valence-corrected chi connectivity index (χ1v) is 6.27. The van der Waals surface area contributed by atoms with Gasteiger partial charge < -0.3 is 5.84 Å². The van der Waals surface area contributed by atoms with Gasteiger partial charge in [0, 0.05) is 27.5 Å². The number of benzene rings is 2. The summed E-state index contributed by atoms with van der Waals surface area (Å²) in [5.74, 6) is 5.14. The Morgan fingerprint density at radius 3 is 2.58 bits per heavy atom. The summed E-state index contributed by atoms with van der Waals surface area (Å²) in [4.78, 5) is 12.2. The minimum atomic E-state index is -0.440. The highest BCUT2D eigenvalue weighted by Gasteiger charge is 2.10. The van der Waals surface area contributed by atoms with Crippen molar-refractivity contribution in [3.63, 3.8) is 0 Å². The second-order valence-corrected chi connectivity index (χ2v) is 4.79. The molecule has 2 aromatic rings. The van der Waals surface area contributed by atoms with Crippen LogP contribution in [0.3, 0.4) is 0 Å². The van der Waals surface area contributed by atoms with E-state index in [0.29, 0.717) is 5.56 Å². The molecule has 6 heteroatoms. The Morgan fingerprint density at radius 2 is 1.95 bits per heavy atom. The van der Waals surface area contributed by atoms with E-state index in [-0.39, 0.29) is 5.69 Å². The highest BCUT2D eigenvalue weighted by Crippen LogP contribution is 2.31. The average Bonchev–Trinajstić information content (AvgIpc) is 2.42. The maximum atomic E-state index is 10.8. The Morgan fingerprint density at radius 1 is 1.21 bits per heavy atom. The lowest BCUT2D eigenvalue weighted by atomic mass is 10.2. The topological polar surface area (TPSA) is 81.5 Å². The lowest BCUT2D eigenvalue weighted by Crippen LogP contribution is -1.94. The summed E-state index contributed by atoms with van der Waals surface area (Å²) in [6, 6.07) is 14.4. The van der Waals surface area contributed by atoms with Crippen molar-refractivity contribution >= 4 is 23.7 Å². The Kier molecular flexibility index (Phi) is 4.15. The van der Waals surface area contributed by atoms with Gasteiger partial charge in [-0.2, -0.15) is 5.10 Å². The molecule has 0 amide bonds. The molecule has 2 N–H and O–H groups in total. The molecule has 0 heterocycles. The number of non-ortho nitro benzene ring substituents is 1. The SMILES string of the molecule is NN=Cc1cc([N+](=O)[O-])ccc1Sc1ccccc1. The minimum Gasteiger partial charge on any atom is -0.323 e. The summed E-state index contributed by atoms with van der Waals surface area (Å²) in [6.45, 7) is 0. The largest absolute Gasteiger partial charge is 0.323 e. The fraction of sp³-hybridized carbons (Fsp3) is 0. The van der Waals surface area contributed by atoms with E-state index in [1.54, 1.807) is 6.07 Å². The van der Waals surface area contributed by atoms with E-state index in [4.69, 9.17) is 5.84 Å². The molecule has 0 aliphatic rings. The van der Waals surface area contributed by atoms with Gasteiger partial charge in [0.2, 0.25) is 0 Å². The molecule has 0 saturated carbocycles. The second-order valence-electron chi connectivity index (χ2n) is 3.67. The molecule has 0 radical (unpaired) electrons. The lowest BCUT2D eigenvalue weighted by molar-refractivity contribution is -0.384. The van der Waals surface area contributed by atoms with Crippen LogP contribution in [0.15, 0.2) is 63.4 Å². The standard InChI is InChI=1S/C13H11N3O2S/c14-15-9-10-8-11(16(17)18)6-7-13(10)19-12-4-2-1-3-5-12/h1-9H,14H2. The zero-order chi connectivity index (χ0) is 13.7. The Hall–Kier alpha value is -2.34. The van der Waals surface area contributed by atoms with Crippen LogP contribution in [0.2, 0.25) is 0 Å². The molecule has 2 rings (SSSR count). The van der Waals surface area contributed by atoms with Gasteiger partial charge in [-0.25, -0.2) is 0 Å². The van der Waals surface area contributed by atoms with Crippen LogP contribution < -0.4 is 5.84 Å². The average molecular weight is 273 g/mol. The van der Waals surface area contributed by atoms with Crippen LogP contribution in [0.5, 0.6) is 0 Å². The van der Waals surface area contributed by atoms with E-state index in [2.05, 4.69) is 5.10 Å². The smallest absolute Gasteiger partial charge is 0.270 e. The molecular formula is C13H11N3O2S. The van der Waals surface area contributed by atoms with Gasteiger partial charge in [0.25, 0.3) is 5.69 Å². The number of hydrazone groups is 1. The van der Waals surface area contributed by atoms with E-state index in [1.807, 2.05) is 30.3 Å². The maximum absolute atomic E-state index is 10.8. The quantitative estimate of drug-likeness (QED) is 0.402. The van der Waals surface area contributed by atoms with Gasteiger partial charge in [0.05, 0.1) is 11.1 Å². The van der Waals surface area contributed by atoms with Gasteiger partial charge in [-0.15, -0.1) is 0 Å². The number of nitro groups is 1. The molecule has 0 bridgehead atoms. The molecule has 19 heavy (non-hydrogen) atoms. The van der Waals surface area contributed by atoms with Crippen molar-refractivity contribution in [3.8, 4) is 0 Å². The zero-order valence-corrected chi connectivity index (χ0v) is 10.7. The monoisotopic (exact) mass is 273 g/mol. The molecule has 0 atom stereocenters. The Balaban J connectivity index is 2.37. The third-order valence-corrected chi connectivity index (χ3v) is 3.49. The summed E-state index contributed by atoms with van der Waals surface area (Å²) in [5.41, 5.74) is 0.651. The van der Waals surface area contributed by atoms with Crippen LogP contribution in [-0.2, 0) is 0 Å². The number of hydrogen-bond acceptors (Lipinski definition) is 5. The molecule has 0 aliphatic heterocycles. The van der Waals surface area contributed by atoms with Crippen LogP contribution in [0.25, 0.3) is 0 Å². The van der Waals surface area contributed by atoms with Crippen molar-refractivity contribution in [2.75, 3.05) is 0 Å². The molecule has 0 unspecified atom stereocenters. The highest BCUT2D eigenvalue weighted by atomic mass is 32.2. The third kappa shape index (κ3) is 3.32. The molecule has 5 nitrogen and oxygen atoms in total. The number of nitrogens with two attached hydrogens (primary N) is 1. The minimum absolute atomic E-state index is 0.0207. The molecule has 0 aliphatic carbocycles. The van der Waals surface area contributed by atoms with E-state index < -0.39 is 4.92 Å². The first-order chi connectivity index (χ1) is 9.20. The van der Waals surface area contributed by atoms with Gasteiger partial charge >= 0.3 is 0 Å². The molecule has 0 spiro atoms. The predicted octanol–water partition coefficient (Wildman–Crippen LogP) is 3.04. The van der Waals surface area contributed by atoms with Crippen LogP contribution in [0.4, 0.5) is 5.69 Å². The van der Waals surface area contributed by atoms with Crippen molar-refractivity contribution in [3.05, 3.63) is 64.2 Å². The summed E-state index contributed by atoms with van der Waals surface area (Å²) < 4.78 is 0. The third-order valence-electron chi connectivity index (χ3n) is 2.39. The molecule has 96 valence electrons. The maximum Gasteiger partial charge on any atom is 0.270 e. The fourth-order valence-electron chi connectivity index (χ4n) is 1.54. The molecule has 0 aromatic heterocycles. The van der Waals surface area contributed by atoms with Crippen LogP contribution in [-0.4, -0.2) is 11.1 Å². The molecule has 0 saturated heterocycles. The second kappa shape index (κ2) is 6.01. The van der Waals surface area contributed by atoms with Crippen molar-refractivity contribution in [1.29, 1.82) is 0 Å². The first kappa shape index (κ1) is 13.1. The van der Waals surface area contributed by atoms with Crippen molar-refractivity contribution in [2.45, 2.75) is 9.79 Å². The number of nitrogens with zero attached hydrogens (tertiary/aromatic N) is 2. The summed E-state index contributed by atoms with van der Waals surface area (Å²) in [6.07, 6.45) is 1.41. The van der Waals surface area contributed by atoms with Crippen LogP contribution in [0, 0.1) is 10.1 Å². The van der Waals surface area contributed by atoms with Crippen molar-refractivity contribution in [2.24, 2.45) is 10.9 Å². The summed E-state index contributed by atoms with van der Waals surface area (Å²) in [5, 5.41) is 14.2. The van der Waals surface area contributed by atoms with E-state index in [9.17, 15) is 10.1 Å². The fourth-order valence-corrected chi connectivity index (χ4v) is 2.45. The zero-order valence-electron chi connectivity index (χ0n) is 9.89. The summed E-state index contributed by atoms with van der Waals surface area (Å²) in [7, 11) is 0. The van der Waals surface area contributed by atoms with Gasteiger partial charge in [-0.3, -0.25) is 10.1 Å². The van der Waals surface area contributed by atoms with Gasteiger partial charge in [-0.05, 0) is 18.2 Å². The number of nitro benzene ring substituents is 1. The molecular weight excluding hydrogens is 262 g/mol. The van der Waals surface area contributed by atoms with E-state index in [1.165, 1.54) is 30.1 Å². The van der Waals surface area contributed by atoms with E-state index >= 15 is 0 Å². The van der Waals surface area contributed by atoms with Crippen molar-refractivity contribution in [1.82, 2.24) is 0 Å². The van der Waals surface area contributed by atoms with Crippen LogP contribution >= 0.6 is 11.8 Å². The Bertz CT molecular complexity index is 615. The summed E-state index contributed by atoms with van der Waals surface area (Å²) >= 11 is 1.51. The van der Waals surface area contributed by atoms with Crippen LogP contribution in [0.1, 0.15) is 5.56 Å². The highest BCUT2D eigenvalue weighted by molar-refractivity contribution is 7.99. The molecule has 2 aromatic carbocycles. The number of hydrogen-bond donors (Lipinski definition) is 1. The van der Waals surface area contributed by atoms with Crippen molar-refractivity contribution < 1.29 is 4.92 Å². The van der Waals surface area contributed by atoms with Gasteiger partial charge in [0.15, 0.2) is 0 Å². The van der Waals surface area contributed by atoms with Gasteiger partial charge in [-0.1, -0.05) is 30.0 Å². The normalized spacial score (nSPS) is 10.7. The first-order valence-electron chi connectivity index (χ1n) is 5.45. The van der Waals surface area contributed by atoms with E-state index in [0.717, 1.165) is 9.79 Å². The predicted molar refractivity (Wildman–Crippen MR) is 75.4 cm³/mol. The lowest BCUT2D eigenvalue weighted by Gasteiger charge is -2.05. The Labute approximate surface area is 114 Å². The number of rotatable bonds is 4. The van der Waals surface area contributed by atoms with Gasteiger partial charge in [0.1, 0.15) is 0 Å².